The standard InChI is InChI=1S/C15H18BrNO5S/c1-10-2-3-13(12(16)6-10)17-14(18)8-22-15(19)7-11-4-5-23(20,21)9-11/h2-3,6,11H,4-5,7-9H2,1H3,(H,17,18)/t11-/m0/s1. The largest absolute Gasteiger partial charge is 0.456 e. The van der Waals surface area contributed by atoms with Gasteiger partial charge >= 0.3 is 5.97 Å². The zero-order valence-corrected chi connectivity index (χ0v) is 15.1. The van der Waals surface area contributed by atoms with Crippen molar-refractivity contribution < 1.29 is 22.7 Å². The van der Waals surface area contributed by atoms with Crippen molar-refractivity contribution >= 4 is 43.3 Å². The van der Waals surface area contributed by atoms with Gasteiger partial charge in [0, 0.05) is 10.9 Å². The summed E-state index contributed by atoms with van der Waals surface area (Å²) in [6.07, 6.45) is 0.501. The summed E-state index contributed by atoms with van der Waals surface area (Å²) >= 11 is 3.35. The van der Waals surface area contributed by atoms with Crippen LogP contribution in [0.25, 0.3) is 0 Å². The van der Waals surface area contributed by atoms with Crippen LogP contribution in [0.15, 0.2) is 22.7 Å². The summed E-state index contributed by atoms with van der Waals surface area (Å²) in [5, 5.41) is 2.64. The van der Waals surface area contributed by atoms with Crippen molar-refractivity contribution in [2.24, 2.45) is 5.92 Å². The number of halogens is 1. The van der Waals surface area contributed by atoms with Gasteiger partial charge in [-0.25, -0.2) is 8.42 Å². The zero-order valence-electron chi connectivity index (χ0n) is 12.7. The predicted molar refractivity (Wildman–Crippen MR) is 89.8 cm³/mol. The van der Waals surface area contributed by atoms with Crippen molar-refractivity contribution in [3.63, 3.8) is 0 Å². The van der Waals surface area contributed by atoms with Crippen LogP contribution in [0.5, 0.6) is 0 Å². The van der Waals surface area contributed by atoms with Crippen LogP contribution in [-0.4, -0.2) is 38.4 Å². The van der Waals surface area contributed by atoms with Gasteiger partial charge in [0.15, 0.2) is 16.4 Å². The minimum absolute atomic E-state index is 0.0185. The Morgan fingerprint density at radius 1 is 1.39 bits per heavy atom. The molecule has 1 aromatic carbocycles. The lowest BCUT2D eigenvalue weighted by atomic mass is 10.1. The van der Waals surface area contributed by atoms with Crippen LogP contribution in [0.4, 0.5) is 5.69 Å². The monoisotopic (exact) mass is 403 g/mol. The Morgan fingerprint density at radius 3 is 2.74 bits per heavy atom. The third-order valence-electron chi connectivity index (χ3n) is 3.55. The first-order valence-corrected chi connectivity index (χ1v) is 9.78. The number of carbonyl (C=O) groups excluding carboxylic acids is 2. The van der Waals surface area contributed by atoms with Crippen LogP contribution in [0.1, 0.15) is 18.4 Å². The molecule has 126 valence electrons. The highest BCUT2D eigenvalue weighted by Crippen LogP contribution is 2.23. The number of hydrogen-bond acceptors (Lipinski definition) is 5. The van der Waals surface area contributed by atoms with Crippen LogP contribution in [-0.2, 0) is 24.2 Å². The quantitative estimate of drug-likeness (QED) is 0.759. The maximum atomic E-state index is 11.8. The van der Waals surface area contributed by atoms with E-state index in [4.69, 9.17) is 4.74 Å². The summed E-state index contributed by atoms with van der Waals surface area (Å²) in [7, 11) is -3.01. The van der Waals surface area contributed by atoms with Gasteiger partial charge in [0.1, 0.15) is 0 Å². The maximum absolute atomic E-state index is 11.8. The third-order valence-corrected chi connectivity index (χ3v) is 6.04. The van der Waals surface area contributed by atoms with Gasteiger partial charge in [0.25, 0.3) is 5.91 Å². The number of hydrogen-bond donors (Lipinski definition) is 1. The molecule has 1 aliphatic rings. The number of nitrogens with one attached hydrogen (secondary N) is 1. The minimum atomic E-state index is -3.01. The molecule has 0 saturated carbocycles. The SMILES string of the molecule is Cc1ccc(NC(=O)COC(=O)C[C@@H]2CCS(=O)(=O)C2)c(Br)c1. The molecular formula is C15H18BrNO5S. The molecular weight excluding hydrogens is 386 g/mol. The fourth-order valence-corrected chi connectivity index (χ4v) is 4.84. The van der Waals surface area contributed by atoms with Gasteiger partial charge in [-0.1, -0.05) is 6.07 Å². The lowest BCUT2D eigenvalue weighted by Crippen LogP contribution is -2.22. The molecule has 0 aliphatic carbocycles. The first-order valence-electron chi connectivity index (χ1n) is 7.17. The summed E-state index contributed by atoms with van der Waals surface area (Å²) in [4.78, 5) is 23.5. The van der Waals surface area contributed by atoms with Crippen molar-refractivity contribution in [1.82, 2.24) is 0 Å². The summed E-state index contributed by atoms with van der Waals surface area (Å²) in [6.45, 7) is 1.54. The lowest BCUT2D eigenvalue weighted by Gasteiger charge is -2.10. The summed E-state index contributed by atoms with van der Waals surface area (Å²) in [6, 6.07) is 5.47. The molecule has 1 aliphatic heterocycles. The van der Waals surface area contributed by atoms with Crippen LogP contribution in [0, 0.1) is 12.8 Å². The second-order valence-electron chi connectivity index (χ2n) is 5.67. The maximum Gasteiger partial charge on any atom is 0.306 e. The number of aryl methyl sites for hydroxylation is 1. The van der Waals surface area contributed by atoms with Crippen molar-refractivity contribution in [3.8, 4) is 0 Å². The number of rotatable bonds is 5. The summed E-state index contributed by atoms with van der Waals surface area (Å²) in [5.74, 6) is -1.06. The number of ether oxygens (including phenoxy) is 1. The smallest absolute Gasteiger partial charge is 0.306 e. The van der Waals surface area contributed by atoms with E-state index < -0.39 is 28.3 Å². The molecule has 2 rings (SSSR count). The first kappa shape index (κ1) is 17.9. The number of anilines is 1. The van der Waals surface area contributed by atoms with E-state index in [1.807, 2.05) is 19.1 Å². The zero-order chi connectivity index (χ0) is 17.0. The minimum Gasteiger partial charge on any atom is -0.456 e. The number of carbonyl (C=O) groups is 2. The molecule has 0 bridgehead atoms. The highest BCUT2D eigenvalue weighted by molar-refractivity contribution is 9.10. The Morgan fingerprint density at radius 2 is 2.13 bits per heavy atom. The van der Waals surface area contributed by atoms with Crippen LogP contribution < -0.4 is 5.32 Å². The second-order valence-corrected chi connectivity index (χ2v) is 8.75. The Labute approximate surface area is 143 Å². The Balaban J connectivity index is 1.77. The van der Waals surface area contributed by atoms with E-state index in [1.54, 1.807) is 6.07 Å². The summed E-state index contributed by atoms with van der Waals surface area (Å²) < 4.78 is 28.3. The predicted octanol–water partition coefficient (Wildman–Crippen LogP) is 2.06. The van der Waals surface area contributed by atoms with E-state index in [0.29, 0.717) is 12.1 Å². The Bertz CT molecular complexity index is 717. The molecule has 1 atom stereocenters. The first-order chi connectivity index (χ1) is 10.7. The van der Waals surface area contributed by atoms with Crippen molar-refractivity contribution in [2.75, 3.05) is 23.4 Å². The second kappa shape index (κ2) is 7.44. The Kier molecular flexibility index (Phi) is 5.80. The number of sulfone groups is 1. The van der Waals surface area contributed by atoms with Crippen molar-refractivity contribution in [2.45, 2.75) is 19.8 Å². The molecule has 0 spiro atoms. The topological polar surface area (TPSA) is 89.5 Å². The lowest BCUT2D eigenvalue weighted by molar-refractivity contribution is -0.148. The molecule has 23 heavy (non-hydrogen) atoms. The van der Waals surface area contributed by atoms with E-state index in [0.717, 1.165) is 10.0 Å². The Hall–Kier alpha value is -1.41. The molecule has 1 N–H and O–H groups in total. The molecule has 0 aromatic heterocycles. The van der Waals surface area contributed by atoms with Gasteiger partial charge in [-0.3, -0.25) is 9.59 Å². The normalized spacial score (nSPS) is 19.3. The fraction of sp³-hybridized carbons (Fsp3) is 0.467. The van der Waals surface area contributed by atoms with E-state index in [2.05, 4.69) is 21.2 Å². The number of benzene rings is 1. The van der Waals surface area contributed by atoms with Gasteiger partial charge < -0.3 is 10.1 Å². The van der Waals surface area contributed by atoms with Crippen molar-refractivity contribution in [1.29, 1.82) is 0 Å². The van der Waals surface area contributed by atoms with E-state index in [9.17, 15) is 18.0 Å². The molecule has 1 aromatic rings. The van der Waals surface area contributed by atoms with Gasteiger partial charge in [-0.2, -0.15) is 0 Å². The molecule has 1 fully saturated rings. The molecule has 0 radical (unpaired) electrons. The van der Waals surface area contributed by atoms with Crippen LogP contribution in [0.3, 0.4) is 0 Å². The van der Waals surface area contributed by atoms with Gasteiger partial charge in [0.2, 0.25) is 0 Å². The van der Waals surface area contributed by atoms with E-state index in [-0.39, 0.29) is 23.8 Å². The molecule has 1 heterocycles. The molecule has 8 heteroatoms. The highest BCUT2D eigenvalue weighted by Gasteiger charge is 2.29. The van der Waals surface area contributed by atoms with Gasteiger partial charge in [0.05, 0.1) is 17.2 Å². The van der Waals surface area contributed by atoms with E-state index in [1.165, 1.54) is 0 Å². The average Bonchev–Trinajstić information content (AvgIpc) is 2.79. The summed E-state index contributed by atoms with van der Waals surface area (Å²) in [5.41, 5.74) is 1.64. The van der Waals surface area contributed by atoms with Gasteiger partial charge in [-0.15, -0.1) is 0 Å². The number of amides is 1. The molecule has 0 unspecified atom stereocenters. The van der Waals surface area contributed by atoms with Crippen LogP contribution in [0.2, 0.25) is 0 Å². The highest BCUT2D eigenvalue weighted by atomic mass is 79.9. The van der Waals surface area contributed by atoms with Gasteiger partial charge in [-0.05, 0) is 52.9 Å². The third kappa shape index (κ3) is 5.62. The van der Waals surface area contributed by atoms with Crippen LogP contribution >= 0.6 is 15.9 Å². The fourth-order valence-electron chi connectivity index (χ4n) is 2.38. The molecule has 6 nitrogen and oxygen atoms in total. The number of esters is 1. The van der Waals surface area contributed by atoms with Crippen molar-refractivity contribution in [3.05, 3.63) is 28.2 Å². The average molecular weight is 404 g/mol. The van der Waals surface area contributed by atoms with E-state index >= 15 is 0 Å². The molecule has 1 amide bonds. The molecule has 1 saturated heterocycles.